The first-order valence-corrected chi connectivity index (χ1v) is 4.76. The molecule has 0 spiro atoms. The zero-order valence-corrected chi connectivity index (χ0v) is 11.7. The smallest absolute Gasteiger partial charge is 0.0857 e. The standard InChI is InChI=1S/C10H22N2.2ClH/c1-8(2)11-7-12(9(3)4)10(5)6;;/h7-10H,1-6H3;2*1H. The quantitative estimate of drug-likeness (QED) is 0.546. The van der Waals surface area contributed by atoms with Crippen LogP contribution in [0.5, 0.6) is 0 Å². The zero-order chi connectivity index (χ0) is 9.72. The summed E-state index contributed by atoms with van der Waals surface area (Å²) in [5.74, 6) is 0. The topological polar surface area (TPSA) is 15.6 Å². The molecule has 0 aromatic heterocycles. The van der Waals surface area contributed by atoms with Gasteiger partial charge in [-0.15, -0.1) is 24.8 Å². The molecule has 88 valence electrons. The van der Waals surface area contributed by atoms with Gasteiger partial charge in [0.1, 0.15) is 0 Å². The van der Waals surface area contributed by atoms with Gasteiger partial charge in [0.15, 0.2) is 0 Å². The Labute approximate surface area is 101 Å². The predicted octanol–water partition coefficient (Wildman–Crippen LogP) is 3.39. The molecule has 0 saturated carbocycles. The molecule has 0 atom stereocenters. The molecule has 0 aromatic carbocycles. The van der Waals surface area contributed by atoms with Crippen LogP contribution in [-0.2, 0) is 0 Å². The second kappa shape index (κ2) is 9.60. The van der Waals surface area contributed by atoms with Gasteiger partial charge in [-0.3, -0.25) is 4.99 Å². The lowest BCUT2D eigenvalue weighted by Crippen LogP contribution is -2.35. The molecule has 0 aromatic rings. The number of rotatable bonds is 4. The molecular weight excluding hydrogens is 219 g/mol. The van der Waals surface area contributed by atoms with E-state index in [1.54, 1.807) is 0 Å². The Morgan fingerprint density at radius 3 is 1.43 bits per heavy atom. The van der Waals surface area contributed by atoms with Crippen molar-refractivity contribution in [1.82, 2.24) is 4.90 Å². The van der Waals surface area contributed by atoms with Crippen LogP contribution in [0.3, 0.4) is 0 Å². The number of hydrogen-bond donors (Lipinski definition) is 0. The highest BCUT2D eigenvalue weighted by Gasteiger charge is 2.08. The van der Waals surface area contributed by atoms with Crippen LogP contribution in [0.15, 0.2) is 4.99 Å². The Hall–Kier alpha value is 0.0500. The monoisotopic (exact) mass is 242 g/mol. The van der Waals surface area contributed by atoms with Gasteiger partial charge in [0, 0.05) is 18.1 Å². The van der Waals surface area contributed by atoms with E-state index in [1.807, 2.05) is 6.34 Å². The normalized spacial score (nSPS) is 10.6. The number of nitrogens with zero attached hydrogens (tertiary/aromatic N) is 2. The van der Waals surface area contributed by atoms with Crippen molar-refractivity contribution >= 4 is 31.2 Å². The number of hydrogen-bond acceptors (Lipinski definition) is 1. The predicted molar refractivity (Wildman–Crippen MR) is 70.2 cm³/mol. The van der Waals surface area contributed by atoms with Gasteiger partial charge in [0.05, 0.1) is 6.34 Å². The van der Waals surface area contributed by atoms with Crippen LogP contribution in [0.2, 0.25) is 0 Å². The summed E-state index contributed by atoms with van der Waals surface area (Å²) in [5, 5.41) is 0. The second-order valence-electron chi connectivity index (χ2n) is 3.99. The molecule has 0 N–H and O–H groups in total. The van der Waals surface area contributed by atoms with Crippen molar-refractivity contribution < 1.29 is 0 Å². The zero-order valence-electron chi connectivity index (χ0n) is 10.0. The first kappa shape index (κ1) is 19.6. The van der Waals surface area contributed by atoms with Crippen molar-refractivity contribution in [2.24, 2.45) is 4.99 Å². The van der Waals surface area contributed by atoms with Gasteiger partial charge in [-0.2, -0.15) is 0 Å². The molecule has 2 nitrogen and oxygen atoms in total. The first-order chi connectivity index (χ1) is 5.45. The Balaban J connectivity index is -0.000000605. The van der Waals surface area contributed by atoms with Crippen LogP contribution in [0, 0.1) is 0 Å². The fourth-order valence-electron chi connectivity index (χ4n) is 1.07. The van der Waals surface area contributed by atoms with E-state index in [9.17, 15) is 0 Å². The van der Waals surface area contributed by atoms with E-state index >= 15 is 0 Å². The lowest BCUT2D eigenvalue weighted by molar-refractivity contribution is 0.300. The Kier molecular flexibility index (Phi) is 13.4. The molecule has 0 aliphatic rings. The van der Waals surface area contributed by atoms with Crippen molar-refractivity contribution in [3.8, 4) is 0 Å². The maximum Gasteiger partial charge on any atom is 0.0857 e. The van der Waals surface area contributed by atoms with Crippen molar-refractivity contribution in [2.45, 2.75) is 59.7 Å². The van der Waals surface area contributed by atoms with Gasteiger partial charge in [-0.1, -0.05) is 0 Å². The molecule has 0 aliphatic heterocycles. The van der Waals surface area contributed by atoms with Gasteiger partial charge in [-0.25, -0.2) is 0 Å². The molecule has 0 unspecified atom stereocenters. The van der Waals surface area contributed by atoms with E-state index in [-0.39, 0.29) is 24.8 Å². The van der Waals surface area contributed by atoms with E-state index < -0.39 is 0 Å². The summed E-state index contributed by atoms with van der Waals surface area (Å²) >= 11 is 0. The molecule has 0 bridgehead atoms. The van der Waals surface area contributed by atoms with Gasteiger partial charge in [0.2, 0.25) is 0 Å². The summed E-state index contributed by atoms with van der Waals surface area (Å²) in [6, 6.07) is 1.46. The molecule has 0 heterocycles. The average Bonchev–Trinajstić information content (AvgIpc) is 1.84. The van der Waals surface area contributed by atoms with Crippen molar-refractivity contribution in [3.63, 3.8) is 0 Å². The molecule has 14 heavy (non-hydrogen) atoms. The summed E-state index contributed by atoms with van der Waals surface area (Å²) in [7, 11) is 0. The van der Waals surface area contributed by atoms with Crippen molar-refractivity contribution in [3.05, 3.63) is 0 Å². The molecule has 0 saturated heterocycles. The minimum Gasteiger partial charge on any atom is -0.358 e. The van der Waals surface area contributed by atoms with Crippen LogP contribution in [0.4, 0.5) is 0 Å². The molecule has 0 aliphatic carbocycles. The maximum absolute atomic E-state index is 4.37. The lowest BCUT2D eigenvalue weighted by atomic mass is 10.2. The number of halogens is 2. The molecule has 0 rings (SSSR count). The van der Waals surface area contributed by atoms with Gasteiger partial charge < -0.3 is 4.90 Å². The molecule has 0 fully saturated rings. The summed E-state index contributed by atoms with van der Waals surface area (Å²) in [6.45, 7) is 12.9. The Morgan fingerprint density at radius 1 is 0.857 bits per heavy atom. The third kappa shape index (κ3) is 8.64. The largest absolute Gasteiger partial charge is 0.358 e. The second-order valence-corrected chi connectivity index (χ2v) is 3.99. The van der Waals surface area contributed by atoms with Crippen LogP contribution in [0.25, 0.3) is 0 Å². The fraction of sp³-hybridized carbons (Fsp3) is 0.900. The van der Waals surface area contributed by atoms with E-state index in [0.717, 1.165) is 0 Å². The minimum atomic E-state index is 0. The highest BCUT2D eigenvalue weighted by atomic mass is 35.5. The molecule has 0 radical (unpaired) electrons. The van der Waals surface area contributed by atoms with E-state index in [2.05, 4.69) is 51.4 Å². The van der Waals surface area contributed by atoms with Crippen LogP contribution in [-0.4, -0.2) is 29.4 Å². The van der Waals surface area contributed by atoms with Gasteiger partial charge in [-0.05, 0) is 41.5 Å². The van der Waals surface area contributed by atoms with Crippen molar-refractivity contribution in [1.29, 1.82) is 0 Å². The Bertz CT molecular complexity index is 137. The third-order valence-corrected chi connectivity index (χ3v) is 1.69. The van der Waals surface area contributed by atoms with E-state index in [0.29, 0.717) is 18.1 Å². The lowest BCUT2D eigenvalue weighted by Gasteiger charge is -2.28. The summed E-state index contributed by atoms with van der Waals surface area (Å²) in [4.78, 5) is 6.63. The average molecular weight is 243 g/mol. The SMILES string of the molecule is CC(C)N=CN(C(C)C)C(C)C.Cl.Cl. The maximum atomic E-state index is 4.37. The highest BCUT2D eigenvalue weighted by molar-refractivity contribution is 5.85. The third-order valence-electron chi connectivity index (χ3n) is 1.69. The molecule has 4 heteroatoms. The fourth-order valence-corrected chi connectivity index (χ4v) is 1.07. The summed E-state index contributed by atoms with van der Waals surface area (Å²) in [6.07, 6.45) is 1.97. The first-order valence-electron chi connectivity index (χ1n) is 4.76. The molecule has 0 amide bonds. The van der Waals surface area contributed by atoms with E-state index in [1.165, 1.54) is 0 Å². The van der Waals surface area contributed by atoms with Gasteiger partial charge >= 0.3 is 0 Å². The van der Waals surface area contributed by atoms with Crippen LogP contribution >= 0.6 is 24.8 Å². The highest BCUT2D eigenvalue weighted by Crippen LogP contribution is 2.01. The Morgan fingerprint density at radius 2 is 1.21 bits per heavy atom. The summed E-state index contributed by atoms with van der Waals surface area (Å²) in [5.41, 5.74) is 0. The summed E-state index contributed by atoms with van der Waals surface area (Å²) < 4.78 is 0. The molecular formula is C10H24Cl2N2. The van der Waals surface area contributed by atoms with Gasteiger partial charge in [0.25, 0.3) is 0 Å². The van der Waals surface area contributed by atoms with Crippen molar-refractivity contribution in [2.75, 3.05) is 0 Å². The van der Waals surface area contributed by atoms with E-state index in [4.69, 9.17) is 0 Å². The number of aliphatic imine (C=N–C) groups is 1. The minimum absolute atomic E-state index is 0. The van der Waals surface area contributed by atoms with Crippen LogP contribution in [0.1, 0.15) is 41.5 Å². The van der Waals surface area contributed by atoms with Crippen LogP contribution < -0.4 is 0 Å².